The summed E-state index contributed by atoms with van der Waals surface area (Å²) in [5.41, 5.74) is 1.72. The number of likely N-dealkylation sites (tertiary alicyclic amines) is 1. The Morgan fingerprint density at radius 2 is 1.66 bits per heavy atom. The Balaban J connectivity index is 1.55. The van der Waals surface area contributed by atoms with Crippen molar-refractivity contribution < 1.29 is 27.5 Å². The minimum atomic E-state index is -3.96. The Morgan fingerprint density at radius 1 is 1.00 bits per heavy atom. The van der Waals surface area contributed by atoms with Crippen molar-refractivity contribution in [1.82, 2.24) is 4.90 Å². The molecule has 6 nitrogen and oxygen atoms in total. The molecule has 0 radical (unpaired) electrons. The number of nitrogens with zero attached hydrogens (tertiary/aromatic N) is 1. The summed E-state index contributed by atoms with van der Waals surface area (Å²) in [7, 11) is -3.96. The SMILES string of the molecule is O=C(O)C1CCC(C(=O)N2CC[C@@]3(S(=O)(=O)c4ccc(F)cc4)c4ccc(I)cc4CC[C@@H]23)CC1. The molecule has 0 unspecified atom stereocenters. The van der Waals surface area contributed by atoms with E-state index in [1.54, 1.807) is 4.90 Å². The van der Waals surface area contributed by atoms with Crippen LogP contribution in [-0.4, -0.2) is 42.9 Å². The molecule has 0 bridgehead atoms. The second-order valence-corrected chi connectivity index (χ2v) is 13.3. The fourth-order valence-electron chi connectivity index (χ4n) is 6.41. The zero-order chi connectivity index (χ0) is 25.0. The third-order valence-corrected chi connectivity index (χ3v) is 11.4. The number of carbonyl (C=O) groups excluding carboxylic acids is 1. The lowest BCUT2D eigenvalue weighted by molar-refractivity contribution is -0.146. The molecule has 0 spiro atoms. The van der Waals surface area contributed by atoms with Gasteiger partial charge in [-0.25, -0.2) is 12.8 Å². The first-order chi connectivity index (χ1) is 16.6. The molecule has 1 aliphatic heterocycles. The van der Waals surface area contributed by atoms with E-state index >= 15 is 0 Å². The van der Waals surface area contributed by atoms with Gasteiger partial charge in [-0.3, -0.25) is 9.59 Å². The summed E-state index contributed by atoms with van der Waals surface area (Å²) in [5.74, 6) is -2.09. The van der Waals surface area contributed by atoms with Gasteiger partial charge in [-0.15, -0.1) is 0 Å². The van der Waals surface area contributed by atoms with Gasteiger partial charge in [0.05, 0.1) is 16.9 Å². The summed E-state index contributed by atoms with van der Waals surface area (Å²) >= 11 is 2.22. The van der Waals surface area contributed by atoms with E-state index in [2.05, 4.69) is 22.6 Å². The number of carbonyl (C=O) groups is 2. The molecule has 2 fully saturated rings. The highest BCUT2D eigenvalue weighted by molar-refractivity contribution is 14.1. The Kier molecular flexibility index (Phi) is 6.44. The van der Waals surface area contributed by atoms with Crippen molar-refractivity contribution in [2.24, 2.45) is 11.8 Å². The van der Waals surface area contributed by atoms with Crippen molar-refractivity contribution in [1.29, 1.82) is 0 Å². The first kappa shape index (κ1) is 24.7. The highest BCUT2D eigenvalue weighted by Gasteiger charge is 2.61. The molecule has 1 heterocycles. The summed E-state index contributed by atoms with van der Waals surface area (Å²) in [6, 6.07) is 10.2. The van der Waals surface area contributed by atoms with E-state index in [0.29, 0.717) is 45.1 Å². The maximum Gasteiger partial charge on any atom is 0.306 e. The molecule has 2 aliphatic carbocycles. The summed E-state index contributed by atoms with van der Waals surface area (Å²) < 4.78 is 41.9. The van der Waals surface area contributed by atoms with Crippen LogP contribution < -0.4 is 0 Å². The lowest BCUT2D eigenvalue weighted by Crippen LogP contribution is -2.53. The van der Waals surface area contributed by atoms with Crippen LogP contribution in [0.4, 0.5) is 4.39 Å². The minimum absolute atomic E-state index is 0.0616. The molecule has 2 atom stereocenters. The number of halogens is 2. The van der Waals surface area contributed by atoms with Crippen molar-refractivity contribution in [2.45, 2.75) is 60.6 Å². The van der Waals surface area contributed by atoms with E-state index in [0.717, 1.165) is 26.8 Å². The minimum Gasteiger partial charge on any atom is -0.481 e. The number of hydrogen-bond donors (Lipinski definition) is 1. The van der Waals surface area contributed by atoms with Crippen molar-refractivity contribution in [3.05, 3.63) is 63.0 Å². The number of aliphatic carboxylic acids is 1. The van der Waals surface area contributed by atoms with Crippen LogP contribution in [-0.2, 0) is 30.6 Å². The van der Waals surface area contributed by atoms with E-state index in [-0.39, 0.29) is 23.1 Å². The van der Waals surface area contributed by atoms with Crippen LogP contribution in [0.3, 0.4) is 0 Å². The van der Waals surface area contributed by atoms with Crippen LogP contribution in [0.5, 0.6) is 0 Å². The molecule has 1 N–H and O–H groups in total. The van der Waals surface area contributed by atoms with Gasteiger partial charge in [-0.05, 0) is 115 Å². The Labute approximate surface area is 218 Å². The third-order valence-electron chi connectivity index (χ3n) is 8.16. The van der Waals surface area contributed by atoms with Crippen molar-refractivity contribution in [3.63, 3.8) is 0 Å². The number of rotatable bonds is 4. The van der Waals surface area contributed by atoms with E-state index in [1.807, 2.05) is 18.2 Å². The monoisotopic (exact) mass is 611 g/mol. The van der Waals surface area contributed by atoms with E-state index in [9.17, 15) is 27.5 Å². The van der Waals surface area contributed by atoms with Gasteiger partial charge < -0.3 is 10.0 Å². The molecule has 186 valence electrons. The number of aryl methyl sites for hydroxylation is 1. The van der Waals surface area contributed by atoms with Gasteiger partial charge in [0.25, 0.3) is 0 Å². The van der Waals surface area contributed by atoms with E-state index in [1.165, 1.54) is 12.1 Å². The third kappa shape index (κ3) is 3.98. The van der Waals surface area contributed by atoms with Crippen LogP contribution in [0.15, 0.2) is 47.4 Å². The first-order valence-electron chi connectivity index (χ1n) is 12.0. The second kappa shape index (κ2) is 9.14. The maximum atomic E-state index is 14.3. The normalized spacial score (nSPS) is 28.3. The fraction of sp³-hybridized carbons (Fsp3) is 0.462. The molecule has 2 aromatic rings. The largest absolute Gasteiger partial charge is 0.481 e. The number of carboxylic acids is 1. The van der Waals surface area contributed by atoms with Gasteiger partial charge in [0, 0.05) is 16.0 Å². The molecule has 2 aromatic carbocycles. The van der Waals surface area contributed by atoms with E-state index in [4.69, 9.17) is 0 Å². The summed E-state index contributed by atoms with van der Waals surface area (Å²) in [5, 5.41) is 9.30. The summed E-state index contributed by atoms with van der Waals surface area (Å²) in [6.07, 6.45) is 3.42. The van der Waals surface area contributed by atoms with Crippen molar-refractivity contribution >= 4 is 44.3 Å². The van der Waals surface area contributed by atoms with Gasteiger partial charge in [0.15, 0.2) is 9.84 Å². The Hall–Kier alpha value is -2.01. The zero-order valence-corrected chi connectivity index (χ0v) is 22.1. The molecular formula is C26H27FINO5S. The lowest BCUT2D eigenvalue weighted by Gasteiger charge is -2.43. The maximum absolute atomic E-state index is 14.3. The second-order valence-electron chi connectivity index (χ2n) is 9.87. The standard InChI is InChI=1S/C26H27FINO5S/c27-19-6-9-21(10-7-19)35(33,34)26-13-14-29(24(30)16-1-3-17(4-2-16)25(31)32)23(26)12-5-18-15-20(28)8-11-22(18)26/h6-11,15-17,23H,1-5,12-14H2,(H,31,32)/t16?,17?,23-,26-/m1/s1. The molecule has 35 heavy (non-hydrogen) atoms. The number of hydrogen-bond acceptors (Lipinski definition) is 4. The highest BCUT2D eigenvalue weighted by atomic mass is 127. The molecule has 1 saturated heterocycles. The van der Waals surface area contributed by atoms with Crippen molar-refractivity contribution in [2.75, 3.05) is 6.54 Å². The van der Waals surface area contributed by atoms with Gasteiger partial charge >= 0.3 is 5.97 Å². The molecule has 1 saturated carbocycles. The predicted octanol–water partition coefficient (Wildman–Crippen LogP) is 4.54. The van der Waals surface area contributed by atoms with Gasteiger partial charge in [-0.1, -0.05) is 6.07 Å². The van der Waals surface area contributed by atoms with Crippen LogP contribution in [0.2, 0.25) is 0 Å². The average molecular weight is 611 g/mol. The molecule has 3 aliphatic rings. The molecule has 0 aromatic heterocycles. The lowest BCUT2D eigenvalue weighted by atomic mass is 9.78. The van der Waals surface area contributed by atoms with E-state index < -0.39 is 38.3 Å². The van der Waals surface area contributed by atoms with Crippen LogP contribution in [0.25, 0.3) is 0 Å². The highest BCUT2D eigenvalue weighted by Crippen LogP contribution is 2.53. The number of sulfone groups is 1. The van der Waals surface area contributed by atoms with Crippen molar-refractivity contribution in [3.8, 4) is 0 Å². The van der Waals surface area contributed by atoms with Crippen LogP contribution in [0.1, 0.15) is 49.7 Å². The topological polar surface area (TPSA) is 91.8 Å². The van der Waals surface area contributed by atoms with Crippen LogP contribution >= 0.6 is 22.6 Å². The Morgan fingerprint density at radius 3 is 2.31 bits per heavy atom. The summed E-state index contributed by atoms with van der Waals surface area (Å²) in [4.78, 5) is 26.8. The smallest absolute Gasteiger partial charge is 0.306 e. The predicted molar refractivity (Wildman–Crippen MR) is 136 cm³/mol. The fourth-order valence-corrected chi connectivity index (χ4v) is 9.33. The quantitative estimate of drug-likeness (QED) is 0.405. The number of fused-ring (bicyclic) bond motifs is 3. The molecular weight excluding hydrogens is 584 g/mol. The van der Waals surface area contributed by atoms with Gasteiger partial charge in [0.2, 0.25) is 5.91 Å². The van der Waals surface area contributed by atoms with Gasteiger partial charge in [0.1, 0.15) is 10.6 Å². The average Bonchev–Trinajstić information content (AvgIpc) is 3.25. The molecule has 5 rings (SSSR count). The molecule has 1 amide bonds. The van der Waals surface area contributed by atoms with Gasteiger partial charge in [-0.2, -0.15) is 0 Å². The van der Waals surface area contributed by atoms with Crippen LogP contribution in [0, 0.1) is 21.2 Å². The molecule has 9 heteroatoms. The summed E-state index contributed by atoms with van der Waals surface area (Å²) in [6.45, 7) is 0.328. The number of benzene rings is 2. The number of amides is 1. The zero-order valence-electron chi connectivity index (χ0n) is 19.1. The number of carboxylic acid groups (broad SMARTS) is 1. The first-order valence-corrected chi connectivity index (χ1v) is 14.5. The Bertz CT molecular complexity index is 1270.